The molecule has 1 unspecified atom stereocenters. The second-order valence-corrected chi connectivity index (χ2v) is 8.43. The molecule has 1 saturated carbocycles. The minimum atomic E-state index is -0.597. The molecule has 0 bridgehead atoms. The predicted octanol–water partition coefficient (Wildman–Crippen LogP) is 2.15. The Bertz CT molecular complexity index is 1020. The van der Waals surface area contributed by atoms with E-state index in [-0.39, 0.29) is 24.3 Å². The van der Waals surface area contributed by atoms with Crippen LogP contribution < -0.4 is 15.4 Å². The molecular weight excluding hydrogens is 394 g/mol. The Labute approximate surface area is 180 Å². The molecule has 0 radical (unpaired) electrons. The first-order valence-electron chi connectivity index (χ1n) is 10.8. The number of imide groups is 1. The maximum atomic E-state index is 12.8. The Morgan fingerprint density at radius 1 is 1.03 bits per heavy atom. The van der Waals surface area contributed by atoms with E-state index < -0.39 is 11.9 Å². The van der Waals surface area contributed by atoms with E-state index in [1.54, 1.807) is 11.0 Å². The maximum absolute atomic E-state index is 12.8. The largest absolute Gasteiger partial charge is 0.489 e. The summed E-state index contributed by atoms with van der Waals surface area (Å²) in [5.41, 5.74) is 2.71. The number of nitrogens with one attached hydrogen (secondary N) is 2. The molecule has 160 valence electrons. The normalized spacial score (nSPS) is 25.1. The van der Waals surface area contributed by atoms with Gasteiger partial charge in [-0.05, 0) is 48.6 Å². The van der Waals surface area contributed by atoms with Crippen LogP contribution in [0.5, 0.6) is 5.75 Å². The number of hydrogen-bond acceptors (Lipinski definition) is 5. The van der Waals surface area contributed by atoms with E-state index >= 15 is 0 Å². The lowest BCUT2D eigenvalue weighted by Gasteiger charge is -2.37. The van der Waals surface area contributed by atoms with E-state index in [0.29, 0.717) is 24.6 Å². The van der Waals surface area contributed by atoms with Crippen molar-refractivity contribution >= 4 is 17.7 Å². The zero-order valence-corrected chi connectivity index (χ0v) is 17.2. The van der Waals surface area contributed by atoms with E-state index in [9.17, 15) is 14.4 Å². The number of piperidine rings is 1. The summed E-state index contributed by atoms with van der Waals surface area (Å²) < 4.78 is 6.21. The summed E-state index contributed by atoms with van der Waals surface area (Å²) in [6.07, 6.45) is 2.79. The number of hydrogen-bond donors (Lipinski definition) is 2. The van der Waals surface area contributed by atoms with Crippen molar-refractivity contribution in [3.8, 4) is 5.75 Å². The number of nitrogens with zero attached hydrogens (tertiary/aromatic N) is 1. The van der Waals surface area contributed by atoms with Crippen molar-refractivity contribution in [2.45, 2.75) is 57.0 Å². The third-order valence-electron chi connectivity index (χ3n) is 6.40. The third kappa shape index (κ3) is 3.93. The number of rotatable bonds is 6. The Balaban J connectivity index is 1.21. The first-order valence-corrected chi connectivity index (χ1v) is 10.8. The summed E-state index contributed by atoms with van der Waals surface area (Å²) in [6, 6.07) is 15.5. The highest BCUT2D eigenvalue weighted by Crippen LogP contribution is 2.32. The van der Waals surface area contributed by atoms with Crippen molar-refractivity contribution in [3.63, 3.8) is 0 Å². The van der Waals surface area contributed by atoms with Crippen LogP contribution in [0.1, 0.15) is 47.2 Å². The van der Waals surface area contributed by atoms with Gasteiger partial charge in [-0.15, -0.1) is 0 Å². The van der Waals surface area contributed by atoms with E-state index in [1.165, 1.54) is 5.56 Å². The standard InChI is InChI=1S/C24H25N3O4/c28-22-11-9-20(23(29)26-22)27-14-16-12-17(6-7-18(16)24(27)30)31-21-10-8-19(21)25-13-15-4-2-1-3-5-15/h1-7,12,19-21,25H,8-11,13-14H2,(H,26,28,29)/t19-,20?,21-/m0/s1. The highest BCUT2D eigenvalue weighted by Gasteiger charge is 2.39. The smallest absolute Gasteiger partial charge is 0.255 e. The summed E-state index contributed by atoms with van der Waals surface area (Å²) in [4.78, 5) is 38.0. The molecule has 3 atom stereocenters. The Morgan fingerprint density at radius 3 is 2.61 bits per heavy atom. The van der Waals surface area contributed by atoms with Crippen LogP contribution >= 0.6 is 0 Å². The predicted molar refractivity (Wildman–Crippen MR) is 113 cm³/mol. The fourth-order valence-corrected chi connectivity index (χ4v) is 4.49. The van der Waals surface area contributed by atoms with Crippen molar-refractivity contribution < 1.29 is 19.1 Å². The van der Waals surface area contributed by atoms with Crippen LogP contribution in [0, 0.1) is 0 Å². The van der Waals surface area contributed by atoms with Gasteiger partial charge in [0, 0.05) is 31.1 Å². The molecule has 2 heterocycles. The van der Waals surface area contributed by atoms with E-state index in [4.69, 9.17) is 4.74 Å². The molecule has 7 nitrogen and oxygen atoms in total. The lowest BCUT2D eigenvalue weighted by Crippen LogP contribution is -2.52. The Hall–Kier alpha value is -3.19. The van der Waals surface area contributed by atoms with Gasteiger partial charge in [-0.25, -0.2) is 0 Å². The van der Waals surface area contributed by atoms with Gasteiger partial charge in [0.1, 0.15) is 17.9 Å². The molecule has 1 saturated heterocycles. The minimum absolute atomic E-state index is 0.102. The number of fused-ring (bicyclic) bond motifs is 1. The molecule has 3 aliphatic rings. The molecule has 2 fully saturated rings. The first-order chi connectivity index (χ1) is 15.1. The zero-order valence-electron chi connectivity index (χ0n) is 17.2. The van der Waals surface area contributed by atoms with Gasteiger partial charge in [0.15, 0.2) is 0 Å². The first kappa shape index (κ1) is 19.8. The third-order valence-corrected chi connectivity index (χ3v) is 6.40. The van der Waals surface area contributed by atoms with Crippen molar-refractivity contribution in [1.82, 2.24) is 15.5 Å². The number of ether oxygens (including phenoxy) is 1. The number of carbonyl (C=O) groups is 3. The van der Waals surface area contributed by atoms with Gasteiger partial charge in [0.2, 0.25) is 11.8 Å². The summed E-state index contributed by atoms with van der Waals surface area (Å²) >= 11 is 0. The molecule has 31 heavy (non-hydrogen) atoms. The monoisotopic (exact) mass is 419 g/mol. The highest BCUT2D eigenvalue weighted by molar-refractivity contribution is 6.05. The molecule has 2 aromatic carbocycles. The van der Waals surface area contributed by atoms with Crippen molar-refractivity contribution in [2.24, 2.45) is 0 Å². The van der Waals surface area contributed by atoms with Crippen LogP contribution in [0.3, 0.4) is 0 Å². The molecule has 7 heteroatoms. The van der Waals surface area contributed by atoms with Gasteiger partial charge < -0.3 is 15.0 Å². The van der Waals surface area contributed by atoms with Gasteiger partial charge >= 0.3 is 0 Å². The topological polar surface area (TPSA) is 87.7 Å². The van der Waals surface area contributed by atoms with Crippen LogP contribution in [0.2, 0.25) is 0 Å². The quantitative estimate of drug-likeness (QED) is 0.701. The average Bonchev–Trinajstić information content (AvgIpc) is 3.08. The fraction of sp³-hybridized carbons (Fsp3) is 0.375. The van der Waals surface area contributed by atoms with Crippen LogP contribution in [0.4, 0.5) is 0 Å². The van der Waals surface area contributed by atoms with Crippen molar-refractivity contribution in [3.05, 3.63) is 65.2 Å². The van der Waals surface area contributed by atoms with Crippen LogP contribution in [-0.4, -0.2) is 40.8 Å². The number of carbonyl (C=O) groups excluding carboxylic acids is 3. The molecule has 5 rings (SSSR count). The summed E-state index contributed by atoms with van der Waals surface area (Å²) in [5.74, 6) is -0.0947. The number of benzene rings is 2. The molecule has 2 aromatic rings. The molecular formula is C24H25N3O4. The van der Waals surface area contributed by atoms with Crippen molar-refractivity contribution in [2.75, 3.05) is 0 Å². The maximum Gasteiger partial charge on any atom is 0.255 e. The van der Waals surface area contributed by atoms with E-state index in [0.717, 1.165) is 30.7 Å². The molecule has 1 aliphatic carbocycles. The second-order valence-electron chi connectivity index (χ2n) is 8.43. The van der Waals surface area contributed by atoms with E-state index in [2.05, 4.69) is 22.8 Å². The van der Waals surface area contributed by atoms with Gasteiger partial charge in [-0.3, -0.25) is 19.7 Å². The Morgan fingerprint density at radius 2 is 1.87 bits per heavy atom. The van der Waals surface area contributed by atoms with Gasteiger partial charge in [-0.1, -0.05) is 30.3 Å². The second kappa shape index (κ2) is 8.15. The lowest BCUT2D eigenvalue weighted by atomic mass is 9.88. The summed E-state index contributed by atoms with van der Waals surface area (Å²) in [7, 11) is 0. The van der Waals surface area contributed by atoms with Crippen LogP contribution in [0.25, 0.3) is 0 Å². The van der Waals surface area contributed by atoms with E-state index in [1.807, 2.05) is 30.3 Å². The molecule has 0 aromatic heterocycles. The fourth-order valence-electron chi connectivity index (χ4n) is 4.49. The molecule has 2 N–H and O–H groups in total. The molecule has 2 aliphatic heterocycles. The number of amides is 3. The SMILES string of the molecule is O=C1CCC(N2Cc3cc(O[C@H]4CC[C@@H]4NCc4ccccc4)ccc3C2=O)C(=O)N1. The van der Waals surface area contributed by atoms with Gasteiger partial charge in [-0.2, -0.15) is 0 Å². The summed E-state index contributed by atoms with van der Waals surface area (Å²) in [5, 5.41) is 5.90. The molecule has 3 amide bonds. The minimum Gasteiger partial charge on any atom is -0.489 e. The molecule has 0 spiro atoms. The zero-order chi connectivity index (χ0) is 21.4. The van der Waals surface area contributed by atoms with Gasteiger partial charge in [0.25, 0.3) is 5.91 Å². The lowest BCUT2D eigenvalue weighted by molar-refractivity contribution is -0.136. The highest BCUT2D eigenvalue weighted by atomic mass is 16.5. The van der Waals surface area contributed by atoms with Gasteiger partial charge in [0.05, 0.1) is 0 Å². The van der Waals surface area contributed by atoms with Crippen molar-refractivity contribution in [1.29, 1.82) is 0 Å². The Kier molecular flexibility index (Phi) is 5.19. The average molecular weight is 419 g/mol. The summed E-state index contributed by atoms with van der Waals surface area (Å²) in [6.45, 7) is 1.17. The van der Waals surface area contributed by atoms with Crippen LogP contribution in [-0.2, 0) is 22.7 Å². The van der Waals surface area contributed by atoms with Crippen LogP contribution in [0.15, 0.2) is 48.5 Å².